The van der Waals surface area contributed by atoms with E-state index >= 15 is 0 Å². The lowest BCUT2D eigenvalue weighted by Crippen LogP contribution is -2.43. The van der Waals surface area contributed by atoms with E-state index in [1.165, 1.54) is 12.8 Å². The molecule has 0 aromatic rings. The van der Waals surface area contributed by atoms with Gasteiger partial charge in [-0.3, -0.25) is 0 Å². The molecule has 0 radical (unpaired) electrons. The van der Waals surface area contributed by atoms with E-state index in [9.17, 15) is 0 Å². The SMILES string of the molecule is [2H]NC1CCCCC1N[2H]. The summed E-state index contributed by atoms with van der Waals surface area (Å²) in [6, 6.07) is 0.373. The highest BCUT2D eigenvalue weighted by Gasteiger charge is 2.16. The minimum atomic E-state index is 0.186. The number of hydrogen-bond donors (Lipinski definition) is 2. The van der Waals surface area contributed by atoms with E-state index in [1.807, 2.05) is 0 Å². The van der Waals surface area contributed by atoms with Gasteiger partial charge in [0, 0.05) is 12.1 Å². The maximum absolute atomic E-state index is 6.96. The number of rotatable bonds is 2. The summed E-state index contributed by atoms with van der Waals surface area (Å²) in [6.45, 7) is 0. The van der Waals surface area contributed by atoms with Crippen LogP contribution >= 0.6 is 0 Å². The van der Waals surface area contributed by atoms with Crippen molar-refractivity contribution >= 4 is 0 Å². The molecule has 48 valence electrons. The van der Waals surface area contributed by atoms with Crippen molar-refractivity contribution in [3.05, 3.63) is 0 Å². The van der Waals surface area contributed by atoms with Crippen LogP contribution in [0.2, 0.25) is 2.82 Å². The standard InChI is InChI=1S/C6H14N2/c7-5-3-1-2-4-6(5)8/h5-6H,1-4,7-8H2/i/hD2. The minimum Gasteiger partial charge on any atom is -0.326 e. The maximum Gasteiger partial charge on any atom is 0.119 e. The second kappa shape index (κ2) is 2.46. The highest BCUT2D eigenvalue weighted by molar-refractivity contribution is 4.79. The van der Waals surface area contributed by atoms with E-state index in [0.717, 1.165) is 12.8 Å². The summed E-state index contributed by atoms with van der Waals surface area (Å²) in [4.78, 5) is 0. The highest BCUT2D eigenvalue weighted by atomic mass is 14.8. The molecule has 0 saturated heterocycles. The molecule has 0 aliphatic heterocycles. The first kappa shape index (κ1) is 3.85. The van der Waals surface area contributed by atoms with Crippen LogP contribution in [-0.2, 0) is 0 Å². The van der Waals surface area contributed by atoms with Crippen LogP contribution in [0.15, 0.2) is 0 Å². The van der Waals surface area contributed by atoms with Crippen LogP contribution in [0.3, 0.4) is 0 Å². The van der Waals surface area contributed by atoms with Gasteiger partial charge in [0.1, 0.15) is 2.82 Å². The molecule has 0 aromatic carbocycles. The zero-order chi connectivity index (χ0) is 7.40. The van der Waals surface area contributed by atoms with E-state index in [0.29, 0.717) is 0 Å². The number of nitrogens with two attached hydrogens (primary N) is 2. The van der Waals surface area contributed by atoms with Crippen molar-refractivity contribution in [2.75, 3.05) is 0 Å². The van der Waals surface area contributed by atoms with Crippen molar-refractivity contribution < 1.29 is 2.82 Å². The molecule has 0 heterocycles. The van der Waals surface area contributed by atoms with Gasteiger partial charge in [-0.05, 0) is 12.8 Å². The van der Waals surface area contributed by atoms with E-state index in [1.54, 1.807) is 0 Å². The molecule has 2 atom stereocenters. The molecule has 1 saturated carbocycles. The van der Waals surface area contributed by atoms with Crippen LogP contribution in [0.5, 0.6) is 0 Å². The topological polar surface area (TPSA) is 52.0 Å². The Labute approximate surface area is 53.2 Å². The van der Waals surface area contributed by atoms with Crippen LogP contribution in [0, 0.1) is 0 Å². The van der Waals surface area contributed by atoms with Crippen LogP contribution in [0.1, 0.15) is 25.7 Å². The lowest BCUT2D eigenvalue weighted by atomic mass is 9.92. The Hall–Kier alpha value is -0.0800. The van der Waals surface area contributed by atoms with Crippen LogP contribution in [0.25, 0.3) is 0 Å². The fourth-order valence-corrected chi connectivity index (χ4v) is 1.13. The molecule has 8 heavy (non-hydrogen) atoms. The van der Waals surface area contributed by atoms with Crippen molar-refractivity contribution in [3.8, 4) is 0 Å². The minimum absolute atomic E-state index is 0.186. The maximum atomic E-state index is 6.96. The molecule has 2 heteroatoms. The fraction of sp³-hybridized carbons (Fsp3) is 1.00. The normalized spacial score (nSPS) is 43.0. The van der Waals surface area contributed by atoms with Gasteiger partial charge in [0.05, 0.1) is 0 Å². The first-order valence-corrected chi connectivity index (χ1v) is 3.23. The molecule has 4 N–H and O–H groups in total. The summed E-state index contributed by atoms with van der Waals surface area (Å²) >= 11 is 0. The molecule has 1 aliphatic rings. The Bertz CT molecular complexity index is 87.7. The Kier molecular flexibility index (Phi) is 1.19. The van der Waals surface area contributed by atoms with Gasteiger partial charge in [-0.25, -0.2) is 0 Å². The molecule has 0 bridgehead atoms. The zero-order valence-corrected chi connectivity index (χ0v) is 4.98. The average Bonchev–Trinajstić information content (AvgIpc) is 2.04. The fourth-order valence-electron chi connectivity index (χ4n) is 1.13. The lowest BCUT2D eigenvalue weighted by Gasteiger charge is -2.24. The largest absolute Gasteiger partial charge is 0.326 e. The van der Waals surface area contributed by atoms with Gasteiger partial charge in [0.2, 0.25) is 0 Å². The molecule has 2 nitrogen and oxygen atoms in total. The van der Waals surface area contributed by atoms with E-state index in [2.05, 4.69) is 11.5 Å². The van der Waals surface area contributed by atoms with Crippen molar-refractivity contribution in [1.82, 2.24) is 0 Å². The second-order valence-corrected chi connectivity index (χ2v) is 2.50. The molecule has 0 spiro atoms. The molecule has 1 aliphatic carbocycles. The Morgan fingerprint density at radius 2 is 1.62 bits per heavy atom. The van der Waals surface area contributed by atoms with Crippen molar-refractivity contribution in [3.63, 3.8) is 0 Å². The monoisotopic (exact) mass is 116 g/mol. The summed E-state index contributed by atoms with van der Waals surface area (Å²) in [7, 11) is 0. The van der Waals surface area contributed by atoms with Crippen molar-refractivity contribution in [2.45, 2.75) is 37.8 Å². The van der Waals surface area contributed by atoms with Crippen molar-refractivity contribution in [2.24, 2.45) is 11.5 Å². The summed E-state index contributed by atoms with van der Waals surface area (Å²) in [5.74, 6) is 0. The quantitative estimate of drug-likeness (QED) is 0.542. The van der Waals surface area contributed by atoms with Crippen LogP contribution in [-0.4, -0.2) is 12.1 Å². The molecular weight excluding hydrogens is 100 g/mol. The summed E-state index contributed by atoms with van der Waals surface area (Å²) in [5.41, 5.74) is 4.94. The van der Waals surface area contributed by atoms with Crippen LogP contribution < -0.4 is 11.5 Å². The Balaban J connectivity index is 2.34. The first-order valence-electron chi connectivity index (χ1n) is 4.23. The van der Waals surface area contributed by atoms with Gasteiger partial charge in [0.15, 0.2) is 0 Å². The van der Waals surface area contributed by atoms with Crippen LogP contribution in [0.4, 0.5) is 0 Å². The molecule has 0 amide bonds. The third-order valence-electron chi connectivity index (χ3n) is 1.77. The molecule has 1 fully saturated rings. The van der Waals surface area contributed by atoms with Gasteiger partial charge in [-0.2, -0.15) is 0 Å². The summed E-state index contributed by atoms with van der Waals surface area (Å²) in [5, 5.41) is 0. The van der Waals surface area contributed by atoms with Crippen molar-refractivity contribution in [1.29, 1.82) is 0 Å². The molecule has 1 rings (SSSR count). The van der Waals surface area contributed by atoms with Gasteiger partial charge in [0.25, 0.3) is 0 Å². The molecule has 0 aromatic heterocycles. The number of hydrogen-bond acceptors (Lipinski definition) is 2. The Morgan fingerprint density at radius 3 is 2.00 bits per heavy atom. The third-order valence-corrected chi connectivity index (χ3v) is 1.77. The Morgan fingerprint density at radius 1 is 1.12 bits per heavy atom. The highest BCUT2D eigenvalue weighted by Crippen LogP contribution is 2.14. The second-order valence-electron chi connectivity index (χ2n) is 2.50. The van der Waals surface area contributed by atoms with Gasteiger partial charge in [-0.1, -0.05) is 12.8 Å². The summed E-state index contributed by atoms with van der Waals surface area (Å²) in [6.07, 6.45) is 4.43. The summed E-state index contributed by atoms with van der Waals surface area (Å²) < 4.78 is 13.9. The predicted octanol–water partition coefficient (Wildman–Crippen LogP) is 0.215. The van der Waals surface area contributed by atoms with E-state index in [4.69, 9.17) is 2.82 Å². The van der Waals surface area contributed by atoms with Gasteiger partial charge >= 0.3 is 0 Å². The van der Waals surface area contributed by atoms with Gasteiger partial charge in [-0.15, -0.1) is 0 Å². The lowest BCUT2D eigenvalue weighted by molar-refractivity contribution is 0.385. The van der Waals surface area contributed by atoms with E-state index in [-0.39, 0.29) is 12.1 Å². The third kappa shape index (κ3) is 1.20. The average molecular weight is 116 g/mol. The molecule has 2 unspecified atom stereocenters. The molecular formula is C6H14N2. The zero-order valence-electron chi connectivity index (χ0n) is 6.98. The first-order chi connectivity index (χ1) is 4.88. The van der Waals surface area contributed by atoms with Gasteiger partial charge < -0.3 is 11.5 Å². The predicted molar refractivity (Wildman–Crippen MR) is 34.4 cm³/mol. The van der Waals surface area contributed by atoms with E-state index < -0.39 is 0 Å². The smallest absolute Gasteiger partial charge is 0.119 e.